The minimum absolute atomic E-state index is 0.480. The Kier molecular flexibility index (Phi) is 1.65. The third-order valence-electron chi connectivity index (χ3n) is 2.98. The molecule has 2 heteroatoms. The quantitative estimate of drug-likeness (QED) is 0.711. The molecule has 0 unspecified atom stereocenters. The summed E-state index contributed by atoms with van der Waals surface area (Å²) in [7, 11) is 0. The van der Waals surface area contributed by atoms with Gasteiger partial charge in [-0.2, -0.15) is 0 Å². The van der Waals surface area contributed by atoms with Crippen LogP contribution >= 0.6 is 0 Å². The van der Waals surface area contributed by atoms with Crippen molar-refractivity contribution in [1.82, 2.24) is 0 Å². The maximum atomic E-state index is 10.9. The van der Waals surface area contributed by atoms with Gasteiger partial charge in [0.1, 0.15) is 0 Å². The predicted octanol–water partition coefficient (Wildman–Crippen LogP) is 2.10. The highest BCUT2D eigenvalue weighted by Crippen LogP contribution is 2.30. The first-order chi connectivity index (χ1) is 6.11. The monoisotopic (exact) mass is 176 g/mol. The molecule has 2 bridgehead atoms. The summed E-state index contributed by atoms with van der Waals surface area (Å²) in [5.41, 5.74) is 5.18. The van der Waals surface area contributed by atoms with Gasteiger partial charge in [-0.15, -0.1) is 0 Å². The fraction of sp³-hybridized carbons (Fsp3) is 0.364. The summed E-state index contributed by atoms with van der Waals surface area (Å²) in [4.78, 5) is 10.9. The minimum atomic E-state index is -0.804. The molecule has 0 amide bonds. The van der Waals surface area contributed by atoms with Crippen LogP contribution in [0.1, 0.15) is 32.6 Å². The van der Waals surface area contributed by atoms with Gasteiger partial charge < -0.3 is 5.11 Å². The summed E-state index contributed by atoms with van der Waals surface area (Å²) in [6.45, 7) is 3.98. The maximum absolute atomic E-state index is 10.9. The molecule has 2 nitrogen and oxygen atoms in total. The Bertz CT molecular complexity index is 392. The molecule has 0 radical (unpaired) electrons. The number of aromatic carboxylic acids is 1. The van der Waals surface area contributed by atoms with Gasteiger partial charge in [0.15, 0.2) is 0 Å². The lowest BCUT2D eigenvalue weighted by Crippen LogP contribution is -2.02. The second kappa shape index (κ2) is 2.59. The van der Waals surface area contributed by atoms with E-state index in [1.54, 1.807) is 0 Å². The second-order valence-electron chi connectivity index (χ2n) is 3.62. The average molecular weight is 176 g/mol. The Morgan fingerprint density at radius 1 is 1.31 bits per heavy atom. The zero-order chi connectivity index (χ0) is 9.59. The number of aryl methyl sites for hydroxylation is 1. The third-order valence-corrected chi connectivity index (χ3v) is 2.98. The van der Waals surface area contributed by atoms with E-state index in [1.807, 2.05) is 13.0 Å². The minimum Gasteiger partial charge on any atom is -0.478 e. The topological polar surface area (TPSA) is 37.3 Å². The predicted molar refractivity (Wildman–Crippen MR) is 50.3 cm³/mol. The Balaban J connectivity index is 2.71. The zero-order valence-corrected chi connectivity index (χ0v) is 7.85. The summed E-state index contributed by atoms with van der Waals surface area (Å²) in [6.07, 6.45) is 2.02. The van der Waals surface area contributed by atoms with Crippen LogP contribution in [0.2, 0.25) is 0 Å². The Hall–Kier alpha value is -1.31. The van der Waals surface area contributed by atoms with E-state index in [4.69, 9.17) is 5.11 Å². The number of hydrogen-bond acceptors (Lipinski definition) is 1. The van der Waals surface area contributed by atoms with E-state index in [0.717, 1.165) is 18.4 Å². The van der Waals surface area contributed by atoms with Crippen molar-refractivity contribution in [3.8, 4) is 0 Å². The number of hydrogen-bond donors (Lipinski definition) is 1. The van der Waals surface area contributed by atoms with Crippen molar-refractivity contribution >= 4 is 5.97 Å². The molecule has 0 fully saturated rings. The molecule has 13 heavy (non-hydrogen) atoms. The Morgan fingerprint density at radius 2 is 2.00 bits per heavy atom. The molecule has 0 spiro atoms. The van der Waals surface area contributed by atoms with Gasteiger partial charge in [0.2, 0.25) is 0 Å². The molecule has 1 aromatic rings. The molecule has 0 atom stereocenters. The summed E-state index contributed by atoms with van der Waals surface area (Å²) < 4.78 is 0. The van der Waals surface area contributed by atoms with Gasteiger partial charge in [-0.3, -0.25) is 0 Å². The van der Waals surface area contributed by atoms with Gasteiger partial charge in [-0.05, 0) is 55.0 Å². The van der Waals surface area contributed by atoms with E-state index in [2.05, 4.69) is 6.92 Å². The summed E-state index contributed by atoms with van der Waals surface area (Å²) in [6, 6.07) is 1.82. The van der Waals surface area contributed by atoms with Crippen LogP contribution in [0.5, 0.6) is 0 Å². The van der Waals surface area contributed by atoms with Gasteiger partial charge in [0, 0.05) is 0 Å². The Labute approximate surface area is 77.2 Å². The molecular weight excluding hydrogens is 164 g/mol. The summed E-state index contributed by atoms with van der Waals surface area (Å²) >= 11 is 0. The highest BCUT2D eigenvalue weighted by Gasteiger charge is 2.20. The van der Waals surface area contributed by atoms with Crippen LogP contribution in [0.4, 0.5) is 0 Å². The van der Waals surface area contributed by atoms with Gasteiger partial charge in [0.05, 0.1) is 5.56 Å². The third kappa shape index (κ3) is 1.05. The van der Waals surface area contributed by atoms with Crippen molar-refractivity contribution in [1.29, 1.82) is 0 Å². The van der Waals surface area contributed by atoms with Crippen LogP contribution < -0.4 is 0 Å². The standard InChI is InChI=1S/C11H12O2/c1-6-8-3-4-9(6)7(2)10(5-8)11(12)13/h5H,3-4H2,1-2H3,(H,12,13). The van der Waals surface area contributed by atoms with Crippen LogP contribution in [-0.4, -0.2) is 11.1 Å². The van der Waals surface area contributed by atoms with Gasteiger partial charge in [0.25, 0.3) is 0 Å². The van der Waals surface area contributed by atoms with Gasteiger partial charge in [-0.1, -0.05) is 0 Å². The molecule has 0 aliphatic heterocycles. The van der Waals surface area contributed by atoms with Crippen molar-refractivity contribution in [3.63, 3.8) is 0 Å². The number of carbonyl (C=O) groups is 1. The molecule has 0 aromatic heterocycles. The van der Waals surface area contributed by atoms with Crippen LogP contribution in [0.15, 0.2) is 6.07 Å². The van der Waals surface area contributed by atoms with E-state index in [0.29, 0.717) is 5.56 Å². The molecule has 1 aliphatic rings. The van der Waals surface area contributed by atoms with Crippen LogP contribution in [0, 0.1) is 13.8 Å². The molecule has 1 aromatic carbocycles. The molecular formula is C11H12O2. The number of fused-ring (bicyclic) bond motifs is 2. The van der Waals surface area contributed by atoms with Crippen LogP contribution in [0.25, 0.3) is 0 Å². The summed E-state index contributed by atoms with van der Waals surface area (Å²) in [5, 5.41) is 8.93. The normalized spacial score (nSPS) is 13.4. The lowest BCUT2D eigenvalue weighted by Gasteiger charge is -2.06. The van der Waals surface area contributed by atoms with E-state index in [-0.39, 0.29) is 0 Å². The first kappa shape index (κ1) is 8.30. The van der Waals surface area contributed by atoms with Gasteiger partial charge >= 0.3 is 5.97 Å². The number of benzene rings is 1. The molecule has 1 aliphatic carbocycles. The molecule has 0 saturated heterocycles. The Morgan fingerprint density at radius 3 is 2.62 bits per heavy atom. The molecule has 1 N–H and O–H groups in total. The van der Waals surface area contributed by atoms with E-state index < -0.39 is 5.97 Å². The molecule has 0 heterocycles. The smallest absolute Gasteiger partial charge is 0.335 e. The fourth-order valence-corrected chi connectivity index (χ4v) is 2.14. The number of carboxylic acids is 1. The molecule has 68 valence electrons. The number of carboxylic acid groups (broad SMARTS) is 1. The molecule has 2 rings (SSSR count). The highest BCUT2D eigenvalue weighted by molar-refractivity contribution is 5.90. The number of rotatable bonds is 1. The SMILES string of the molecule is Cc1c2cc(C(=O)O)c(C)c1CC2. The van der Waals surface area contributed by atoms with Crippen LogP contribution in [0.3, 0.4) is 0 Å². The summed E-state index contributed by atoms with van der Waals surface area (Å²) in [5.74, 6) is -0.804. The van der Waals surface area contributed by atoms with Crippen molar-refractivity contribution < 1.29 is 9.90 Å². The second-order valence-corrected chi connectivity index (χ2v) is 3.62. The highest BCUT2D eigenvalue weighted by atomic mass is 16.4. The van der Waals surface area contributed by atoms with E-state index in [1.165, 1.54) is 16.7 Å². The van der Waals surface area contributed by atoms with E-state index in [9.17, 15) is 4.79 Å². The van der Waals surface area contributed by atoms with Gasteiger partial charge in [-0.25, -0.2) is 4.79 Å². The van der Waals surface area contributed by atoms with Crippen molar-refractivity contribution in [2.24, 2.45) is 0 Å². The van der Waals surface area contributed by atoms with Crippen LogP contribution in [-0.2, 0) is 12.8 Å². The first-order valence-electron chi connectivity index (χ1n) is 4.46. The fourth-order valence-electron chi connectivity index (χ4n) is 2.14. The average Bonchev–Trinajstić information content (AvgIpc) is 2.29. The maximum Gasteiger partial charge on any atom is 0.335 e. The lowest BCUT2D eigenvalue weighted by molar-refractivity contribution is 0.0696. The van der Waals surface area contributed by atoms with Crippen molar-refractivity contribution in [2.45, 2.75) is 26.7 Å². The largest absolute Gasteiger partial charge is 0.478 e. The molecule has 0 saturated carbocycles. The van der Waals surface area contributed by atoms with E-state index >= 15 is 0 Å². The first-order valence-corrected chi connectivity index (χ1v) is 4.46. The van der Waals surface area contributed by atoms with Crippen molar-refractivity contribution in [2.75, 3.05) is 0 Å². The van der Waals surface area contributed by atoms with Crippen molar-refractivity contribution in [3.05, 3.63) is 33.9 Å². The lowest BCUT2D eigenvalue weighted by atomic mass is 9.99. The zero-order valence-electron chi connectivity index (χ0n) is 7.85.